The number of ether oxygens (including phenoxy) is 2. The van der Waals surface area contributed by atoms with E-state index < -0.39 is 0 Å². The molecule has 4 nitrogen and oxygen atoms in total. The molecule has 1 aliphatic heterocycles. The Morgan fingerprint density at radius 2 is 1.95 bits per heavy atom. The van der Waals surface area contributed by atoms with Gasteiger partial charge in [0.2, 0.25) is 6.79 Å². The molecule has 5 heteroatoms. The Kier molecular flexibility index (Phi) is 3.36. The lowest BCUT2D eigenvalue weighted by Crippen LogP contribution is -2.12. The van der Waals surface area contributed by atoms with Crippen LogP contribution in [0.1, 0.15) is 15.9 Å². The molecule has 0 radical (unpaired) electrons. The third kappa shape index (κ3) is 2.63. The Morgan fingerprint density at radius 3 is 2.75 bits per heavy atom. The normalized spacial score (nSPS) is 12.3. The van der Waals surface area contributed by atoms with E-state index >= 15 is 0 Å². The first kappa shape index (κ1) is 13.0. The third-order valence-corrected chi connectivity index (χ3v) is 3.39. The molecule has 0 aliphatic carbocycles. The zero-order valence-corrected chi connectivity index (χ0v) is 12.4. The van der Waals surface area contributed by atoms with Crippen LogP contribution in [0.25, 0.3) is 0 Å². The van der Waals surface area contributed by atoms with Crippen molar-refractivity contribution in [1.29, 1.82) is 0 Å². The van der Waals surface area contributed by atoms with Crippen LogP contribution in [0.2, 0.25) is 0 Å². The molecule has 3 rings (SSSR count). The summed E-state index contributed by atoms with van der Waals surface area (Å²) in [6.07, 6.45) is 0. The van der Waals surface area contributed by atoms with E-state index in [1.165, 1.54) is 0 Å². The second kappa shape index (κ2) is 5.17. The van der Waals surface area contributed by atoms with Crippen molar-refractivity contribution in [3.8, 4) is 11.5 Å². The number of carbonyl (C=O) groups is 1. The number of hydrogen-bond donors (Lipinski definition) is 1. The number of benzene rings is 2. The molecule has 0 unspecified atom stereocenters. The van der Waals surface area contributed by atoms with Gasteiger partial charge in [-0.05, 0) is 42.8 Å². The number of halogens is 1. The van der Waals surface area contributed by atoms with Gasteiger partial charge in [0.15, 0.2) is 11.5 Å². The van der Waals surface area contributed by atoms with Crippen molar-refractivity contribution in [2.75, 3.05) is 12.1 Å². The van der Waals surface area contributed by atoms with E-state index in [1.54, 1.807) is 24.3 Å². The molecule has 0 aromatic heterocycles. The highest BCUT2D eigenvalue weighted by atomic mass is 79.9. The van der Waals surface area contributed by atoms with Crippen LogP contribution in [0, 0.1) is 6.92 Å². The van der Waals surface area contributed by atoms with Crippen molar-refractivity contribution in [3.63, 3.8) is 0 Å². The van der Waals surface area contributed by atoms with Gasteiger partial charge in [0.25, 0.3) is 5.91 Å². The maximum Gasteiger partial charge on any atom is 0.255 e. The van der Waals surface area contributed by atoms with Crippen LogP contribution in [0.15, 0.2) is 40.9 Å². The molecular formula is C15H12BrNO3. The molecule has 2 aromatic carbocycles. The molecule has 0 spiro atoms. The highest BCUT2D eigenvalue weighted by molar-refractivity contribution is 9.10. The van der Waals surface area contributed by atoms with Crippen molar-refractivity contribution in [2.45, 2.75) is 6.92 Å². The Hall–Kier alpha value is -2.01. The minimum absolute atomic E-state index is 0.159. The molecule has 0 bridgehead atoms. The summed E-state index contributed by atoms with van der Waals surface area (Å²) in [5.74, 6) is 1.18. The number of hydrogen-bond acceptors (Lipinski definition) is 3. The van der Waals surface area contributed by atoms with E-state index in [9.17, 15) is 4.79 Å². The third-order valence-electron chi connectivity index (χ3n) is 2.93. The fourth-order valence-electron chi connectivity index (χ4n) is 2.04. The van der Waals surface area contributed by atoms with Gasteiger partial charge in [-0.2, -0.15) is 0 Å². The predicted octanol–water partition coefficient (Wildman–Crippen LogP) is 3.74. The van der Waals surface area contributed by atoms with Gasteiger partial charge in [0.05, 0.1) is 0 Å². The predicted molar refractivity (Wildman–Crippen MR) is 79.4 cm³/mol. The highest BCUT2D eigenvalue weighted by Crippen LogP contribution is 2.34. The van der Waals surface area contributed by atoms with Crippen molar-refractivity contribution in [3.05, 3.63) is 52.0 Å². The van der Waals surface area contributed by atoms with E-state index in [0.717, 1.165) is 10.0 Å². The molecule has 1 aliphatic rings. The van der Waals surface area contributed by atoms with Gasteiger partial charge in [-0.25, -0.2) is 0 Å². The maximum atomic E-state index is 12.2. The van der Waals surface area contributed by atoms with Crippen LogP contribution in [0.5, 0.6) is 11.5 Å². The second-order valence-corrected chi connectivity index (χ2v) is 5.46. The number of rotatable bonds is 2. The quantitative estimate of drug-likeness (QED) is 0.910. The van der Waals surface area contributed by atoms with Crippen LogP contribution in [0.4, 0.5) is 5.69 Å². The molecule has 20 heavy (non-hydrogen) atoms. The first-order chi connectivity index (χ1) is 9.61. The minimum atomic E-state index is -0.159. The molecular weight excluding hydrogens is 322 g/mol. The summed E-state index contributed by atoms with van der Waals surface area (Å²) >= 11 is 3.39. The number of anilines is 1. The molecule has 1 amide bonds. The Labute approximate surface area is 124 Å². The molecule has 0 saturated heterocycles. The van der Waals surface area contributed by atoms with Gasteiger partial charge in [-0.1, -0.05) is 15.9 Å². The smallest absolute Gasteiger partial charge is 0.255 e. The van der Waals surface area contributed by atoms with E-state index in [0.29, 0.717) is 22.7 Å². The lowest BCUT2D eigenvalue weighted by molar-refractivity contribution is 0.102. The largest absolute Gasteiger partial charge is 0.454 e. The number of amides is 1. The summed E-state index contributed by atoms with van der Waals surface area (Å²) in [4.78, 5) is 12.2. The van der Waals surface area contributed by atoms with E-state index in [-0.39, 0.29) is 12.7 Å². The number of aryl methyl sites for hydroxylation is 1. The summed E-state index contributed by atoms with van der Waals surface area (Å²) in [6, 6.07) is 10.9. The van der Waals surface area contributed by atoms with E-state index in [1.807, 2.05) is 19.1 Å². The topological polar surface area (TPSA) is 47.6 Å². The van der Waals surface area contributed by atoms with Gasteiger partial charge in [-0.15, -0.1) is 0 Å². The molecule has 102 valence electrons. The van der Waals surface area contributed by atoms with Crippen molar-refractivity contribution in [1.82, 2.24) is 0 Å². The highest BCUT2D eigenvalue weighted by Gasteiger charge is 2.14. The molecule has 2 aromatic rings. The summed E-state index contributed by atoms with van der Waals surface area (Å²) < 4.78 is 11.4. The van der Waals surface area contributed by atoms with Crippen molar-refractivity contribution >= 4 is 27.5 Å². The van der Waals surface area contributed by atoms with E-state index in [4.69, 9.17) is 9.47 Å². The van der Waals surface area contributed by atoms with E-state index in [2.05, 4.69) is 21.2 Å². The summed E-state index contributed by atoms with van der Waals surface area (Å²) in [7, 11) is 0. The van der Waals surface area contributed by atoms with Crippen molar-refractivity contribution < 1.29 is 14.3 Å². The van der Waals surface area contributed by atoms with Gasteiger partial charge in [-0.3, -0.25) is 4.79 Å². The Bertz CT molecular complexity index is 665. The summed E-state index contributed by atoms with van der Waals surface area (Å²) in [6.45, 7) is 2.17. The Balaban J connectivity index is 1.82. The zero-order valence-electron chi connectivity index (χ0n) is 10.8. The number of carbonyl (C=O) groups excluding carboxylic acids is 1. The van der Waals surface area contributed by atoms with Gasteiger partial charge in [0, 0.05) is 21.8 Å². The van der Waals surface area contributed by atoms with Crippen LogP contribution in [-0.4, -0.2) is 12.7 Å². The monoisotopic (exact) mass is 333 g/mol. The number of nitrogens with one attached hydrogen (secondary N) is 1. The Morgan fingerprint density at radius 1 is 1.15 bits per heavy atom. The fourth-order valence-corrected chi connectivity index (χ4v) is 2.65. The standard InChI is InChI=1S/C15H12BrNO3/c1-9-4-10(6-11(16)5-9)15(18)17-12-2-3-13-14(7-12)20-8-19-13/h2-7H,8H2,1H3,(H,17,18). The molecule has 0 atom stereocenters. The van der Waals surface area contributed by atoms with Crippen LogP contribution in [0.3, 0.4) is 0 Å². The average molecular weight is 334 g/mol. The zero-order chi connectivity index (χ0) is 14.1. The second-order valence-electron chi connectivity index (χ2n) is 4.54. The van der Waals surface area contributed by atoms with Gasteiger partial charge >= 0.3 is 0 Å². The van der Waals surface area contributed by atoms with Gasteiger partial charge in [0.1, 0.15) is 0 Å². The van der Waals surface area contributed by atoms with Crippen LogP contribution >= 0.6 is 15.9 Å². The van der Waals surface area contributed by atoms with Crippen molar-refractivity contribution in [2.24, 2.45) is 0 Å². The maximum absolute atomic E-state index is 12.2. The molecule has 1 N–H and O–H groups in total. The minimum Gasteiger partial charge on any atom is -0.454 e. The molecule has 0 saturated carbocycles. The first-order valence-electron chi connectivity index (χ1n) is 6.10. The first-order valence-corrected chi connectivity index (χ1v) is 6.89. The summed E-state index contributed by atoms with van der Waals surface area (Å²) in [5.41, 5.74) is 2.31. The van der Waals surface area contributed by atoms with Gasteiger partial charge < -0.3 is 14.8 Å². The lowest BCUT2D eigenvalue weighted by atomic mass is 10.1. The average Bonchev–Trinajstić information content (AvgIpc) is 2.85. The SMILES string of the molecule is Cc1cc(Br)cc(C(=O)Nc2ccc3c(c2)OCO3)c1. The fraction of sp³-hybridized carbons (Fsp3) is 0.133. The van der Waals surface area contributed by atoms with Crippen LogP contribution < -0.4 is 14.8 Å². The lowest BCUT2D eigenvalue weighted by Gasteiger charge is -2.07. The number of fused-ring (bicyclic) bond motifs is 1. The van der Waals surface area contributed by atoms with Crippen LogP contribution in [-0.2, 0) is 0 Å². The molecule has 1 heterocycles. The summed E-state index contributed by atoms with van der Waals surface area (Å²) in [5, 5.41) is 2.85. The molecule has 0 fully saturated rings.